The average molecular weight is 424 g/mol. The fourth-order valence-electron chi connectivity index (χ4n) is 3.79. The van der Waals surface area contributed by atoms with Gasteiger partial charge in [0.2, 0.25) is 5.91 Å². The third-order valence-electron chi connectivity index (χ3n) is 5.44. The van der Waals surface area contributed by atoms with Crippen molar-refractivity contribution in [3.05, 3.63) is 102 Å². The van der Waals surface area contributed by atoms with Crippen LogP contribution in [0.1, 0.15) is 29.0 Å². The van der Waals surface area contributed by atoms with Crippen molar-refractivity contribution in [3.63, 3.8) is 0 Å². The van der Waals surface area contributed by atoms with Gasteiger partial charge in [-0.2, -0.15) is 0 Å². The summed E-state index contributed by atoms with van der Waals surface area (Å²) in [7, 11) is 0. The molecule has 1 aliphatic heterocycles. The Hall–Kier alpha value is -4.04. The fourth-order valence-corrected chi connectivity index (χ4v) is 3.79. The summed E-state index contributed by atoms with van der Waals surface area (Å²) in [5.74, 6) is 6.04. The molecule has 0 radical (unpaired) electrons. The van der Waals surface area contributed by atoms with Crippen molar-refractivity contribution in [2.24, 2.45) is 0 Å². The fraction of sp³-hybridized carbons (Fsp3) is 0.185. The number of amides is 3. The number of benzene rings is 3. The van der Waals surface area contributed by atoms with Gasteiger partial charge in [-0.3, -0.25) is 9.69 Å². The predicted octanol–water partition coefficient (Wildman–Crippen LogP) is 3.91. The lowest BCUT2D eigenvalue weighted by Gasteiger charge is -2.17. The van der Waals surface area contributed by atoms with Gasteiger partial charge in [0.05, 0.1) is 6.54 Å². The second-order valence-corrected chi connectivity index (χ2v) is 7.59. The molecule has 160 valence electrons. The van der Waals surface area contributed by atoms with Gasteiger partial charge in [0, 0.05) is 36.7 Å². The number of anilines is 1. The molecule has 0 aliphatic carbocycles. The highest BCUT2D eigenvalue weighted by molar-refractivity contribution is 5.94. The van der Waals surface area contributed by atoms with Crippen LogP contribution >= 0.6 is 0 Å². The highest BCUT2D eigenvalue weighted by Gasteiger charge is 2.20. The van der Waals surface area contributed by atoms with E-state index in [9.17, 15) is 9.59 Å². The Bertz CT molecular complexity index is 1080. The Balaban J connectivity index is 1.34. The zero-order valence-electron chi connectivity index (χ0n) is 17.8. The molecule has 3 aromatic rings. The normalized spacial score (nSPS) is 12.8. The highest BCUT2D eigenvalue weighted by Crippen LogP contribution is 2.27. The molecule has 0 atom stereocenters. The summed E-state index contributed by atoms with van der Waals surface area (Å²) < 4.78 is 0. The van der Waals surface area contributed by atoms with E-state index in [0.29, 0.717) is 19.5 Å². The van der Waals surface area contributed by atoms with Crippen molar-refractivity contribution < 1.29 is 9.59 Å². The van der Waals surface area contributed by atoms with Crippen LogP contribution in [0, 0.1) is 11.8 Å². The second kappa shape index (κ2) is 10.3. The molecule has 5 heteroatoms. The maximum absolute atomic E-state index is 12.6. The number of hydrogen-bond acceptors (Lipinski definition) is 2. The van der Waals surface area contributed by atoms with Crippen LogP contribution < -0.4 is 15.5 Å². The molecule has 32 heavy (non-hydrogen) atoms. The summed E-state index contributed by atoms with van der Waals surface area (Å²) in [6.07, 6.45) is 0.363. The van der Waals surface area contributed by atoms with E-state index in [1.165, 1.54) is 0 Å². The van der Waals surface area contributed by atoms with Gasteiger partial charge in [0.1, 0.15) is 0 Å². The Labute approximate surface area is 188 Å². The van der Waals surface area contributed by atoms with Crippen LogP contribution in [0.15, 0.2) is 84.9 Å². The van der Waals surface area contributed by atoms with Crippen molar-refractivity contribution in [2.75, 3.05) is 24.5 Å². The standard InChI is InChI=1S/C27H25N3O2/c31-26(20-25(22-9-3-1-4-10-22)23-11-5-2-6-12-23)28-17-7-8-21-13-15-24(16-14-21)30-19-18-29-27(30)32/h1-6,9-16,25H,17-20H2,(H,28,31)(H,29,32). The van der Waals surface area contributed by atoms with E-state index in [0.717, 1.165) is 22.4 Å². The van der Waals surface area contributed by atoms with Crippen LogP contribution in [0.2, 0.25) is 0 Å². The molecule has 0 unspecified atom stereocenters. The molecule has 0 saturated carbocycles. The van der Waals surface area contributed by atoms with Crippen molar-refractivity contribution in [1.29, 1.82) is 0 Å². The molecule has 4 rings (SSSR count). The number of rotatable bonds is 6. The van der Waals surface area contributed by atoms with Crippen LogP contribution in [-0.2, 0) is 4.79 Å². The lowest BCUT2D eigenvalue weighted by molar-refractivity contribution is -0.121. The Morgan fingerprint density at radius 2 is 1.56 bits per heavy atom. The molecule has 0 aromatic heterocycles. The molecule has 3 aromatic carbocycles. The number of nitrogens with zero attached hydrogens (tertiary/aromatic N) is 1. The van der Waals surface area contributed by atoms with Crippen molar-refractivity contribution >= 4 is 17.6 Å². The summed E-state index contributed by atoms with van der Waals surface area (Å²) in [6, 6.07) is 27.6. The summed E-state index contributed by atoms with van der Waals surface area (Å²) in [5, 5.41) is 5.70. The minimum Gasteiger partial charge on any atom is -0.345 e. The molecule has 1 heterocycles. The van der Waals surface area contributed by atoms with Crippen LogP contribution in [0.25, 0.3) is 0 Å². The van der Waals surface area contributed by atoms with Gasteiger partial charge in [0.15, 0.2) is 0 Å². The van der Waals surface area contributed by atoms with Gasteiger partial charge in [-0.1, -0.05) is 72.5 Å². The van der Waals surface area contributed by atoms with E-state index in [1.807, 2.05) is 60.7 Å². The summed E-state index contributed by atoms with van der Waals surface area (Å²) in [5.41, 5.74) is 3.93. The van der Waals surface area contributed by atoms with Crippen molar-refractivity contribution in [3.8, 4) is 11.8 Å². The average Bonchev–Trinajstić information content (AvgIpc) is 3.27. The van der Waals surface area contributed by atoms with Crippen LogP contribution in [0.3, 0.4) is 0 Å². The van der Waals surface area contributed by atoms with Gasteiger partial charge in [-0.15, -0.1) is 0 Å². The van der Waals surface area contributed by atoms with Gasteiger partial charge in [-0.25, -0.2) is 4.79 Å². The van der Waals surface area contributed by atoms with E-state index in [1.54, 1.807) is 4.90 Å². The first-order valence-corrected chi connectivity index (χ1v) is 10.7. The molecule has 0 bridgehead atoms. The van der Waals surface area contributed by atoms with Gasteiger partial charge >= 0.3 is 6.03 Å². The number of hydrogen-bond donors (Lipinski definition) is 2. The van der Waals surface area contributed by atoms with E-state index in [-0.39, 0.29) is 24.4 Å². The van der Waals surface area contributed by atoms with Crippen LogP contribution in [0.5, 0.6) is 0 Å². The smallest absolute Gasteiger partial charge is 0.321 e. The molecule has 0 spiro atoms. The lowest BCUT2D eigenvalue weighted by atomic mass is 9.88. The van der Waals surface area contributed by atoms with Gasteiger partial charge in [-0.05, 0) is 35.4 Å². The zero-order chi connectivity index (χ0) is 22.2. The molecule has 3 amide bonds. The first-order valence-electron chi connectivity index (χ1n) is 10.7. The highest BCUT2D eigenvalue weighted by atomic mass is 16.2. The van der Waals surface area contributed by atoms with E-state index in [2.05, 4.69) is 46.7 Å². The number of carbonyl (C=O) groups excluding carboxylic acids is 2. The Morgan fingerprint density at radius 1 is 0.938 bits per heavy atom. The monoisotopic (exact) mass is 423 g/mol. The summed E-state index contributed by atoms with van der Waals surface area (Å²) in [6.45, 7) is 1.61. The third kappa shape index (κ3) is 5.35. The largest absolute Gasteiger partial charge is 0.345 e. The molecular weight excluding hydrogens is 398 g/mol. The summed E-state index contributed by atoms with van der Waals surface area (Å²) in [4.78, 5) is 26.1. The SMILES string of the molecule is O=C(CC(c1ccccc1)c1ccccc1)NCC#Cc1ccc(N2CCNC2=O)cc1. The molecule has 2 N–H and O–H groups in total. The Kier molecular flexibility index (Phi) is 6.84. The van der Waals surface area contributed by atoms with E-state index >= 15 is 0 Å². The first kappa shape index (κ1) is 21.2. The number of carbonyl (C=O) groups is 2. The topological polar surface area (TPSA) is 61.4 Å². The van der Waals surface area contributed by atoms with Crippen molar-refractivity contribution in [2.45, 2.75) is 12.3 Å². The first-order chi connectivity index (χ1) is 15.7. The quantitative estimate of drug-likeness (QED) is 0.591. The summed E-state index contributed by atoms with van der Waals surface area (Å²) >= 11 is 0. The molecule has 1 fully saturated rings. The molecule has 1 aliphatic rings. The van der Waals surface area contributed by atoms with Gasteiger partial charge in [0.25, 0.3) is 0 Å². The maximum atomic E-state index is 12.6. The predicted molar refractivity (Wildman–Crippen MR) is 126 cm³/mol. The zero-order valence-corrected chi connectivity index (χ0v) is 17.8. The minimum absolute atomic E-state index is 0.000640. The number of urea groups is 1. The van der Waals surface area contributed by atoms with Crippen LogP contribution in [0.4, 0.5) is 10.5 Å². The molecular formula is C27H25N3O2. The van der Waals surface area contributed by atoms with E-state index in [4.69, 9.17) is 0 Å². The van der Waals surface area contributed by atoms with E-state index < -0.39 is 0 Å². The third-order valence-corrected chi connectivity index (χ3v) is 5.44. The molecule has 5 nitrogen and oxygen atoms in total. The number of nitrogens with one attached hydrogen (secondary N) is 2. The van der Waals surface area contributed by atoms with Crippen LogP contribution in [-0.4, -0.2) is 31.6 Å². The molecule has 1 saturated heterocycles. The van der Waals surface area contributed by atoms with Crippen molar-refractivity contribution in [1.82, 2.24) is 10.6 Å². The second-order valence-electron chi connectivity index (χ2n) is 7.59. The Morgan fingerprint density at radius 3 is 2.12 bits per heavy atom. The van der Waals surface area contributed by atoms with Gasteiger partial charge < -0.3 is 10.6 Å². The minimum atomic E-state index is -0.0733. The maximum Gasteiger partial charge on any atom is 0.321 e. The lowest BCUT2D eigenvalue weighted by Crippen LogP contribution is -2.27.